The Morgan fingerprint density at radius 1 is 1.14 bits per heavy atom. The van der Waals surface area contributed by atoms with Crippen molar-refractivity contribution in [2.75, 3.05) is 7.05 Å². The van der Waals surface area contributed by atoms with Gasteiger partial charge in [-0.1, -0.05) is 27.7 Å². The van der Waals surface area contributed by atoms with Gasteiger partial charge in [-0.3, -0.25) is 4.68 Å². The molecule has 0 bridgehead atoms. The summed E-state index contributed by atoms with van der Waals surface area (Å²) >= 11 is 0. The van der Waals surface area contributed by atoms with Crippen LogP contribution in [-0.4, -0.2) is 16.8 Å². The summed E-state index contributed by atoms with van der Waals surface area (Å²) in [4.78, 5) is 0. The van der Waals surface area contributed by atoms with Crippen LogP contribution in [0.4, 0.5) is 0 Å². The molecule has 3 nitrogen and oxygen atoms in total. The second-order valence-corrected chi connectivity index (χ2v) is 7.04. The fraction of sp³-hybridized carbons (Fsp3) is 0.833. The normalized spacial score (nSPS) is 27.8. The number of nitrogens with zero attached hydrogens (tertiary/aromatic N) is 2. The third kappa shape index (κ3) is 3.33. The van der Waals surface area contributed by atoms with Gasteiger partial charge in [0, 0.05) is 17.3 Å². The lowest BCUT2D eigenvalue weighted by Crippen LogP contribution is -2.25. The highest BCUT2D eigenvalue weighted by Crippen LogP contribution is 2.38. The van der Waals surface area contributed by atoms with Crippen molar-refractivity contribution in [3.63, 3.8) is 0 Å². The highest BCUT2D eigenvalue weighted by atomic mass is 15.3. The predicted octanol–water partition coefficient (Wildman–Crippen LogP) is 4.29. The molecule has 0 spiro atoms. The highest BCUT2D eigenvalue weighted by molar-refractivity contribution is 5.30. The van der Waals surface area contributed by atoms with Gasteiger partial charge in [0.15, 0.2) is 0 Å². The zero-order valence-electron chi connectivity index (χ0n) is 14.7. The summed E-state index contributed by atoms with van der Waals surface area (Å²) in [6, 6.07) is 0.990. The van der Waals surface area contributed by atoms with Crippen LogP contribution in [0.5, 0.6) is 0 Å². The maximum Gasteiger partial charge on any atom is 0.0672 e. The first-order valence-corrected chi connectivity index (χ1v) is 8.79. The smallest absolute Gasteiger partial charge is 0.0672 e. The van der Waals surface area contributed by atoms with Crippen LogP contribution in [0.3, 0.4) is 0 Å². The summed E-state index contributed by atoms with van der Waals surface area (Å²) in [7, 11) is 2.05. The van der Waals surface area contributed by atoms with E-state index in [4.69, 9.17) is 5.10 Å². The number of rotatable bonds is 5. The number of aromatic nitrogens is 2. The molecular formula is C18H33N3. The van der Waals surface area contributed by atoms with Crippen molar-refractivity contribution in [2.45, 2.75) is 78.8 Å². The molecule has 0 aliphatic heterocycles. The molecular weight excluding hydrogens is 258 g/mol. The fourth-order valence-corrected chi connectivity index (χ4v) is 4.20. The summed E-state index contributed by atoms with van der Waals surface area (Å²) in [6.45, 7) is 11.6. The van der Waals surface area contributed by atoms with Crippen molar-refractivity contribution in [3.8, 4) is 0 Å². The van der Waals surface area contributed by atoms with Gasteiger partial charge in [0.25, 0.3) is 0 Å². The summed E-state index contributed by atoms with van der Waals surface area (Å²) in [6.07, 6.45) is 6.05. The molecule has 1 aliphatic rings. The molecule has 1 aromatic heterocycles. The Hall–Kier alpha value is -0.830. The summed E-state index contributed by atoms with van der Waals surface area (Å²) in [5.41, 5.74) is 4.20. The van der Waals surface area contributed by atoms with E-state index in [-0.39, 0.29) is 0 Å². The fourth-order valence-electron chi connectivity index (χ4n) is 4.20. The second-order valence-electron chi connectivity index (χ2n) is 7.04. The zero-order chi connectivity index (χ0) is 15.6. The maximum atomic E-state index is 5.04. The number of aryl methyl sites for hydroxylation is 1. The third-order valence-electron chi connectivity index (χ3n) is 5.16. The topological polar surface area (TPSA) is 29.9 Å². The molecule has 0 amide bonds. The Balaban J connectivity index is 2.41. The first-order chi connectivity index (χ1) is 10.0. The first-order valence-electron chi connectivity index (χ1n) is 8.79. The molecule has 3 atom stereocenters. The second kappa shape index (κ2) is 6.95. The minimum atomic E-state index is 0.391. The molecule has 2 rings (SSSR count). The van der Waals surface area contributed by atoms with Crippen molar-refractivity contribution in [3.05, 3.63) is 17.0 Å². The van der Waals surface area contributed by atoms with Gasteiger partial charge < -0.3 is 5.32 Å². The molecule has 1 aromatic rings. The number of hydrogen-bond donors (Lipinski definition) is 1. The largest absolute Gasteiger partial charge is 0.313 e. The molecule has 1 saturated carbocycles. The van der Waals surface area contributed by atoms with E-state index in [1.54, 1.807) is 0 Å². The highest BCUT2D eigenvalue weighted by Gasteiger charge is 2.29. The van der Waals surface area contributed by atoms with Gasteiger partial charge in [-0.15, -0.1) is 0 Å². The monoisotopic (exact) mass is 291 g/mol. The Labute approximate surface area is 130 Å². The van der Waals surface area contributed by atoms with Gasteiger partial charge in [-0.25, -0.2) is 0 Å². The molecule has 1 fully saturated rings. The molecule has 0 radical (unpaired) electrons. The Morgan fingerprint density at radius 2 is 1.76 bits per heavy atom. The lowest BCUT2D eigenvalue weighted by molar-refractivity contribution is 0.206. The number of hydrogen-bond acceptors (Lipinski definition) is 2. The van der Waals surface area contributed by atoms with Crippen LogP contribution >= 0.6 is 0 Å². The summed E-state index contributed by atoms with van der Waals surface area (Å²) in [5, 5.41) is 8.45. The van der Waals surface area contributed by atoms with Crippen molar-refractivity contribution in [1.82, 2.24) is 15.1 Å². The average Bonchev–Trinajstić information content (AvgIpc) is 2.83. The molecule has 21 heavy (non-hydrogen) atoms. The predicted molar refractivity (Wildman–Crippen MR) is 89.7 cm³/mol. The molecule has 0 aromatic carbocycles. The van der Waals surface area contributed by atoms with Crippen LogP contribution in [0.25, 0.3) is 0 Å². The van der Waals surface area contributed by atoms with Gasteiger partial charge in [-0.05, 0) is 57.9 Å². The Bertz CT molecular complexity index is 453. The summed E-state index contributed by atoms with van der Waals surface area (Å²) in [5.74, 6) is 1.64. The van der Waals surface area contributed by atoms with Gasteiger partial charge in [0.05, 0.1) is 11.7 Å². The van der Waals surface area contributed by atoms with Crippen LogP contribution in [0.2, 0.25) is 0 Å². The van der Waals surface area contributed by atoms with E-state index in [0.717, 1.165) is 24.7 Å². The zero-order valence-corrected chi connectivity index (χ0v) is 14.7. The minimum absolute atomic E-state index is 0.391. The van der Waals surface area contributed by atoms with Crippen molar-refractivity contribution in [2.24, 2.45) is 11.8 Å². The molecule has 1 N–H and O–H groups in total. The van der Waals surface area contributed by atoms with Crippen molar-refractivity contribution in [1.29, 1.82) is 0 Å². The Kier molecular flexibility index (Phi) is 5.48. The molecule has 3 heteroatoms. The maximum absolute atomic E-state index is 5.04. The van der Waals surface area contributed by atoms with E-state index in [2.05, 4.69) is 44.6 Å². The minimum Gasteiger partial charge on any atom is -0.313 e. The van der Waals surface area contributed by atoms with Crippen LogP contribution in [0, 0.1) is 11.8 Å². The SMILES string of the molecule is CCc1nn(C2CC(C)CC(C)C2)c(CC)c1C(C)NC. The van der Waals surface area contributed by atoms with Gasteiger partial charge in [-0.2, -0.15) is 5.10 Å². The standard InChI is InChI=1S/C18H33N3/c1-7-16-18(14(5)19-6)17(8-2)21(20-16)15-10-12(3)9-13(4)11-15/h12-15,19H,7-11H2,1-6H3. The molecule has 1 aliphatic carbocycles. The van der Waals surface area contributed by atoms with E-state index in [1.165, 1.54) is 36.2 Å². The third-order valence-corrected chi connectivity index (χ3v) is 5.16. The van der Waals surface area contributed by atoms with Crippen LogP contribution in [0.1, 0.15) is 82.9 Å². The van der Waals surface area contributed by atoms with Crippen LogP contribution < -0.4 is 5.32 Å². The number of nitrogens with one attached hydrogen (secondary N) is 1. The molecule has 0 saturated heterocycles. The van der Waals surface area contributed by atoms with Crippen LogP contribution in [-0.2, 0) is 12.8 Å². The molecule has 120 valence electrons. The van der Waals surface area contributed by atoms with E-state index in [0.29, 0.717) is 12.1 Å². The van der Waals surface area contributed by atoms with Gasteiger partial charge >= 0.3 is 0 Å². The van der Waals surface area contributed by atoms with Gasteiger partial charge in [0.2, 0.25) is 0 Å². The quantitative estimate of drug-likeness (QED) is 0.877. The summed E-state index contributed by atoms with van der Waals surface area (Å²) < 4.78 is 2.40. The lowest BCUT2D eigenvalue weighted by Gasteiger charge is -2.32. The van der Waals surface area contributed by atoms with E-state index in [9.17, 15) is 0 Å². The lowest BCUT2D eigenvalue weighted by atomic mass is 9.80. The van der Waals surface area contributed by atoms with E-state index in [1.807, 2.05) is 7.05 Å². The van der Waals surface area contributed by atoms with Crippen molar-refractivity contribution >= 4 is 0 Å². The van der Waals surface area contributed by atoms with E-state index >= 15 is 0 Å². The first kappa shape index (κ1) is 16.5. The molecule has 3 unspecified atom stereocenters. The Morgan fingerprint density at radius 3 is 2.24 bits per heavy atom. The molecule has 1 heterocycles. The van der Waals surface area contributed by atoms with Gasteiger partial charge in [0.1, 0.15) is 0 Å². The van der Waals surface area contributed by atoms with Crippen LogP contribution in [0.15, 0.2) is 0 Å². The van der Waals surface area contributed by atoms with Crippen molar-refractivity contribution < 1.29 is 0 Å². The van der Waals surface area contributed by atoms with E-state index < -0.39 is 0 Å². The average molecular weight is 291 g/mol.